The molecule has 3 aromatic rings. The molecule has 0 saturated carbocycles. The minimum atomic E-state index is -0.180. The number of hydrogen-bond acceptors (Lipinski definition) is 5. The first-order valence-corrected chi connectivity index (χ1v) is 11.3. The van der Waals surface area contributed by atoms with Gasteiger partial charge in [-0.2, -0.15) is 0 Å². The van der Waals surface area contributed by atoms with Crippen LogP contribution in [-0.4, -0.2) is 33.0 Å². The van der Waals surface area contributed by atoms with E-state index in [1.165, 1.54) is 0 Å². The van der Waals surface area contributed by atoms with Crippen molar-refractivity contribution in [2.75, 3.05) is 12.4 Å². The maximum atomic E-state index is 12.6. The highest BCUT2D eigenvalue weighted by molar-refractivity contribution is 7.99. The fourth-order valence-electron chi connectivity index (χ4n) is 2.81. The van der Waals surface area contributed by atoms with Gasteiger partial charge >= 0.3 is 0 Å². The van der Waals surface area contributed by atoms with Gasteiger partial charge in [0.1, 0.15) is 5.75 Å². The molecule has 158 valence electrons. The third-order valence-corrected chi connectivity index (χ3v) is 5.38. The van der Waals surface area contributed by atoms with Crippen molar-refractivity contribution < 1.29 is 9.53 Å². The Kier molecular flexibility index (Phi) is 8.16. The molecule has 1 aromatic heterocycles. The van der Waals surface area contributed by atoms with E-state index in [2.05, 4.69) is 29.4 Å². The van der Waals surface area contributed by atoms with Crippen LogP contribution in [0.4, 0.5) is 0 Å². The Morgan fingerprint density at radius 3 is 2.67 bits per heavy atom. The number of ether oxygens (including phenoxy) is 1. The van der Waals surface area contributed by atoms with Gasteiger partial charge in [0.2, 0.25) is 0 Å². The molecule has 0 atom stereocenters. The van der Waals surface area contributed by atoms with Gasteiger partial charge in [0.25, 0.3) is 5.91 Å². The number of unbranched alkanes of at least 4 members (excludes halogenated alkanes) is 1. The second-order valence-corrected chi connectivity index (χ2v) is 8.22. The molecule has 1 N–H and O–H groups in total. The molecule has 0 saturated heterocycles. The first kappa shape index (κ1) is 22.2. The number of aromatic nitrogens is 3. The molecule has 2 aromatic carbocycles. The van der Waals surface area contributed by atoms with Crippen LogP contribution in [0.15, 0.2) is 53.7 Å². The molecule has 0 radical (unpaired) electrons. The standard InChI is InChI=1S/C22H25ClN4O2S/c1-3-5-13-29-19-11-9-16(10-12-19)21(28)24-15-20-25-26-22(30-4-2)27(20)18-8-6-7-17(23)14-18/h6-12,14H,3-5,13,15H2,1-2H3,(H,24,28). The van der Waals surface area contributed by atoms with Crippen LogP contribution in [0.2, 0.25) is 5.02 Å². The zero-order valence-corrected chi connectivity index (χ0v) is 18.7. The number of thioether (sulfide) groups is 1. The lowest BCUT2D eigenvalue weighted by atomic mass is 10.2. The Labute approximate surface area is 186 Å². The summed E-state index contributed by atoms with van der Waals surface area (Å²) >= 11 is 7.75. The fraction of sp³-hybridized carbons (Fsp3) is 0.318. The number of halogens is 1. The molecule has 1 heterocycles. The molecule has 0 spiro atoms. The third kappa shape index (κ3) is 5.77. The number of nitrogens with one attached hydrogen (secondary N) is 1. The average Bonchev–Trinajstić information content (AvgIpc) is 3.15. The van der Waals surface area contributed by atoms with Gasteiger partial charge in [-0.05, 0) is 54.6 Å². The van der Waals surface area contributed by atoms with Gasteiger partial charge in [-0.25, -0.2) is 0 Å². The number of carbonyl (C=O) groups excluding carboxylic acids is 1. The summed E-state index contributed by atoms with van der Waals surface area (Å²) in [5, 5.41) is 12.9. The van der Waals surface area contributed by atoms with E-state index in [4.69, 9.17) is 16.3 Å². The van der Waals surface area contributed by atoms with Gasteiger partial charge in [-0.1, -0.05) is 49.7 Å². The Hall–Kier alpha value is -2.51. The summed E-state index contributed by atoms with van der Waals surface area (Å²) in [5.41, 5.74) is 1.43. The maximum absolute atomic E-state index is 12.6. The number of rotatable bonds is 10. The summed E-state index contributed by atoms with van der Waals surface area (Å²) in [6, 6.07) is 14.6. The molecule has 0 fully saturated rings. The molecule has 3 rings (SSSR count). The molecule has 0 bridgehead atoms. The van der Waals surface area contributed by atoms with E-state index in [-0.39, 0.29) is 12.5 Å². The zero-order valence-electron chi connectivity index (χ0n) is 17.1. The second kappa shape index (κ2) is 11.0. The van der Waals surface area contributed by atoms with Crippen LogP contribution in [0, 0.1) is 0 Å². The summed E-state index contributed by atoms with van der Waals surface area (Å²) in [5.74, 6) is 2.08. The average molecular weight is 445 g/mol. The molecule has 0 aliphatic carbocycles. The summed E-state index contributed by atoms with van der Waals surface area (Å²) < 4.78 is 7.57. The highest BCUT2D eigenvalue weighted by atomic mass is 35.5. The largest absolute Gasteiger partial charge is 0.494 e. The van der Waals surface area contributed by atoms with Crippen molar-refractivity contribution in [3.63, 3.8) is 0 Å². The molecular formula is C22H25ClN4O2S. The molecule has 6 nitrogen and oxygen atoms in total. The zero-order chi connectivity index (χ0) is 21.3. The van der Waals surface area contributed by atoms with E-state index >= 15 is 0 Å². The Balaban J connectivity index is 1.70. The minimum Gasteiger partial charge on any atom is -0.494 e. The van der Waals surface area contributed by atoms with E-state index in [0.29, 0.717) is 23.0 Å². The number of nitrogens with zero attached hydrogens (tertiary/aromatic N) is 3. The molecular weight excluding hydrogens is 420 g/mol. The van der Waals surface area contributed by atoms with Crippen LogP contribution in [0.1, 0.15) is 42.9 Å². The topological polar surface area (TPSA) is 69.0 Å². The van der Waals surface area contributed by atoms with Crippen LogP contribution < -0.4 is 10.1 Å². The molecule has 0 aliphatic rings. The Bertz CT molecular complexity index is 976. The van der Waals surface area contributed by atoms with Crippen LogP contribution >= 0.6 is 23.4 Å². The number of benzene rings is 2. The molecule has 0 aliphatic heterocycles. The first-order valence-electron chi connectivity index (χ1n) is 9.96. The highest BCUT2D eigenvalue weighted by Crippen LogP contribution is 2.24. The SMILES string of the molecule is CCCCOc1ccc(C(=O)NCc2nnc(SCC)n2-c2cccc(Cl)c2)cc1. The Morgan fingerprint density at radius 1 is 1.17 bits per heavy atom. The monoisotopic (exact) mass is 444 g/mol. The first-order chi connectivity index (χ1) is 14.6. The van der Waals surface area contributed by atoms with E-state index in [1.54, 1.807) is 23.9 Å². The molecule has 0 unspecified atom stereocenters. The van der Waals surface area contributed by atoms with Crippen molar-refractivity contribution in [3.8, 4) is 11.4 Å². The number of hydrogen-bond donors (Lipinski definition) is 1. The van der Waals surface area contributed by atoms with Crippen molar-refractivity contribution in [1.29, 1.82) is 0 Å². The van der Waals surface area contributed by atoms with Crippen molar-refractivity contribution >= 4 is 29.3 Å². The second-order valence-electron chi connectivity index (χ2n) is 6.56. The third-order valence-electron chi connectivity index (χ3n) is 4.33. The lowest BCUT2D eigenvalue weighted by molar-refractivity contribution is 0.0949. The maximum Gasteiger partial charge on any atom is 0.251 e. The van der Waals surface area contributed by atoms with Gasteiger partial charge in [0, 0.05) is 10.6 Å². The number of carbonyl (C=O) groups is 1. The lowest BCUT2D eigenvalue weighted by Gasteiger charge is -2.11. The molecule has 1 amide bonds. The highest BCUT2D eigenvalue weighted by Gasteiger charge is 2.15. The quantitative estimate of drug-likeness (QED) is 0.346. The van der Waals surface area contributed by atoms with Crippen LogP contribution in [0.25, 0.3) is 5.69 Å². The lowest BCUT2D eigenvalue weighted by Crippen LogP contribution is -2.24. The van der Waals surface area contributed by atoms with Gasteiger partial charge in [-0.3, -0.25) is 9.36 Å². The minimum absolute atomic E-state index is 0.180. The van der Waals surface area contributed by atoms with E-state index in [9.17, 15) is 4.79 Å². The normalized spacial score (nSPS) is 10.8. The van der Waals surface area contributed by atoms with Crippen molar-refractivity contribution in [2.24, 2.45) is 0 Å². The molecule has 30 heavy (non-hydrogen) atoms. The van der Waals surface area contributed by atoms with Gasteiger partial charge in [0.05, 0.1) is 18.8 Å². The van der Waals surface area contributed by atoms with Crippen molar-refractivity contribution in [3.05, 3.63) is 64.9 Å². The molecule has 8 heteroatoms. The van der Waals surface area contributed by atoms with Gasteiger partial charge < -0.3 is 10.1 Å². The van der Waals surface area contributed by atoms with E-state index in [1.807, 2.05) is 41.0 Å². The smallest absolute Gasteiger partial charge is 0.251 e. The van der Waals surface area contributed by atoms with Crippen LogP contribution in [0.3, 0.4) is 0 Å². The predicted octanol–water partition coefficient (Wildman–Crippen LogP) is 5.14. The van der Waals surface area contributed by atoms with E-state index < -0.39 is 0 Å². The predicted molar refractivity (Wildman–Crippen MR) is 121 cm³/mol. The fourth-order valence-corrected chi connectivity index (χ4v) is 3.69. The van der Waals surface area contributed by atoms with Gasteiger partial charge in [-0.15, -0.1) is 10.2 Å². The summed E-state index contributed by atoms with van der Waals surface area (Å²) in [6.07, 6.45) is 2.09. The number of amides is 1. The van der Waals surface area contributed by atoms with Crippen LogP contribution in [-0.2, 0) is 6.54 Å². The van der Waals surface area contributed by atoms with Crippen molar-refractivity contribution in [1.82, 2.24) is 20.1 Å². The van der Waals surface area contributed by atoms with Crippen molar-refractivity contribution in [2.45, 2.75) is 38.4 Å². The Morgan fingerprint density at radius 2 is 1.97 bits per heavy atom. The van der Waals surface area contributed by atoms with E-state index in [0.717, 1.165) is 35.2 Å². The van der Waals surface area contributed by atoms with Gasteiger partial charge in [0.15, 0.2) is 11.0 Å². The summed E-state index contributed by atoms with van der Waals surface area (Å²) in [7, 11) is 0. The summed E-state index contributed by atoms with van der Waals surface area (Å²) in [4.78, 5) is 12.6. The summed E-state index contributed by atoms with van der Waals surface area (Å²) in [6.45, 7) is 5.10. The van der Waals surface area contributed by atoms with Crippen LogP contribution in [0.5, 0.6) is 5.75 Å².